The SMILES string of the molecule is O=C(NCC(O)C(O)c1cccc(N=C=S)c1)OCC1c2ccccc2-c2ccccc21. The van der Waals surface area contributed by atoms with E-state index in [2.05, 4.69) is 39.8 Å². The van der Waals surface area contributed by atoms with E-state index in [1.807, 2.05) is 36.4 Å². The predicted octanol–water partition coefficient (Wildman–Crippen LogP) is 4.35. The molecule has 3 N–H and O–H groups in total. The number of nitrogens with one attached hydrogen (secondary N) is 1. The molecule has 4 rings (SSSR count). The molecule has 0 saturated heterocycles. The molecule has 7 heteroatoms. The number of thiocarbonyl (C=S) groups is 1. The van der Waals surface area contributed by atoms with Gasteiger partial charge < -0.3 is 20.3 Å². The molecule has 0 radical (unpaired) electrons. The predicted molar refractivity (Wildman–Crippen MR) is 125 cm³/mol. The molecular formula is C25H22N2O4S. The molecule has 0 saturated carbocycles. The van der Waals surface area contributed by atoms with Crippen LogP contribution in [-0.4, -0.2) is 40.7 Å². The first-order valence-electron chi connectivity index (χ1n) is 10.2. The molecule has 1 aliphatic rings. The number of amides is 1. The lowest BCUT2D eigenvalue weighted by atomic mass is 9.98. The van der Waals surface area contributed by atoms with Crippen molar-refractivity contribution in [3.63, 3.8) is 0 Å². The number of hydrogen-bond donors (Lipinski definition) is 3. The van der Waals surface area contributed by atoms with Gasteiger partial charge in [-0.3, -0.25) is 0 Å². The van der Waals surface area contributed by atoms with Gasteiger partial charge in [0.15, 0.2) is 0 Å². The summed E-state index contributed by atoms with van der Waals surface area (Å²) in [6.45, 7) is 0.00856. The Hall–Kier alpha value is -3.35. The summed E-state index contributed by atoms with van der Waals surface area (Å²) in [4.78, 5) is 16.1. The third kappa shape index (κ3) is 4.61. The maximum Gasteiger partial charge on any atom is 0.407 e. The Morgan fingerprint density at radius 1 is 1.03 bits per heavy atom. The number of isothiocyanates is 1. The minimum absolute atomic E-state index is 0.0480. The van der Waals surface area contributed by atoms with Gasteiger partial charge in [0.1, 0.15) is 18.8 Å². The number of aliphatic hydroxyl groups excluding tert-OH is 2. The van der Waals surface area contributed by atoms with Gasteiger partial charge in [-0.2, -0.15) is 4.99 Å². The summed E-state index contributed by atoms with van der Waals surface area (Å²) in [6, 6.07) is 22.8. The fourth-order valence-electron chi connectivity index (χ4n) is 4.00. The maximum absolute atomic E-state index is 12.3. The Bertz CT molecular complexity index is 1130. The molecule has 6 nitrogen and oxygen atoms in total. The van der Waals surface area contributed by atoms with E-state index in [0.29, 0.717) is 11.3 Å². The van der Waals surface area contributed by atoms with Crippen molar-refractivity contribution in [2.24, 2.45) is 4.99 Å². The van der Waals surface area contributed by atoms with Gasteiger partial charge in [-0.25, -0.2) is 4.79 Å². The Kier molecular flexibility index (Phi) is 6.73. The smallest absolute Gasteiger partial charge is 0.407 e. The molecule has 0 aromatic heterocycles. The quantitative estimate of drug-likeness (QED) is 0.371. The largest absolute Gasteiger partial charge is 0.449 e. The summed E-state index contributed by atoms with van der Waals surface area (Å²) in [5.41, 5.74) is 5.52. The Labute approximate surface area is 191 Å². The lowest BCUT2D eigenvalue weighted by Crippen LogP contribution is -2.36. The van der Waals surface area contributed by atoms with Gasteiger partial charge in [0.2, 0.25) is 0 Å². The van der Waals surface area contributed by atoms with E-state index >= 15 is 0 Å². The third-order valence-electron chi connectivity index (χ3n) is 5.55. The van der Waals surface area contributed by atoms with E-state index in [1.54, 1.807) is 24.3 Å². The van der Waals surface area contributed by atoms with E-state index in [0.717, 1.165) is 22.3 Å². The molecule has 0 aliphatic heterocycles. The molecule has 0 heterocycles. The highest BCUT2D eigenvalue weighted by molar-refractivity contribution is 7.78. The van der Waals surface area contributed by atoms with Crippen LogP contribution in [0.5, 0.6) is 0 Å². The highest BCUT2D eigenvalue weighted by Crippen LogP contribution is 2.44. The van der Waals surface area contributed by atoms with E-state index in [9.17, 15) is 15.0 Å². The molecule has 1 aliphatic carbocycles. The topological polar surface area (TPSA) is 91.2 Å². The number of aliphatic imine (C=N–C) groups is 1. The van der Waals surface area contributed by atoms with Gasteiger partial charge in [0.05, 0.1) is 10.8 Å². The van der Waals surface area contributed by atoms with Gasteiger partial charge >= 0.3 is 6.09 Å². The van der Waals surface area contributed by atoms with Gasteiger partial charge in [-0.15, -0.1) is 0 Å². The molecular weight excluding hydrogens is 424 g/mol. The first kappa shape index (κ1) is 21.9. The number of nitrogens with zero attached hydrogens (tertiary/aromatic N) is 1. The first-order chi connectivity index (χ1) is 15.6. The number of ether oxygens (including phenoxy) is 1. The molecule has 0 spiro atoms. The van der Waals surface area contributed by atoms with Crippen LogP contribution in [-0.2, 0) is 4.74 Å². The Morgan fingerprint density at radius 2 is 1.69 bits per heavy atom. The number of carbonyl (C=O) groups is 1. The molecule has 0 bridgehead atoms. The summed E-state index contributed by atoms with van der Waals surface area (Å²) < 4.78 is 5.45. The highest BCUT2D eigenvalue weighted by atomic mass is 32.1. The summed E-state index contributed by atoms with van der Waals surface area (Å²) in [5, 5.41) is 25.5. The second kappa shape index (κ2) is 9.85. The van der Waals surface area contributed by atoms with Crippen molar-refractivity contribution in [2.45, 2.75) is 18.1 Å². The van der Waals surface area contributed by atoms with Crippen LogP contribution in [0.4, 0.5) is 10.5 Å². The summed E-state index contributed by atoms with van der Waals surface area (Å²) in [5.74, 6) is -0.0480. The van der Waals surface area contributed by atoms with Crippen molar-refractivity contribution in [2.75, 3.05) is 13.2 Å². The second-order valence-corrected chi connectivity index (χ2v) is 7.70. The van der Waals surface area contributed by atoms with Gasteiger partial charge in [0.25, 0.3) is 0 Å². The van der Waals surface area contributed by atoms with E-state index < -0.39 is 18.3 Å². The van der Waals surface area contributed by atoms with Crippen LogP contribution in [0.15, 0.2) is 77.8 Å². The lowest BCUT2D eigenvalue weighted by Gasteiger charge is -2.19. The van der Waals surface area contributed by atoms with E-state index in [1.165, 1.54) is 0 Å². The zero-order valence-corrected chi connectivity index (χ0v) is 18.0. The lowest BCUT2D eigenvalue weighted by molar-refractivity contribution is 0.0186. The summed E-state index contributed by atoms with van der Waals surface area (Å²) in [7, 11) is 0. The van der Waals surface area contributed by atoms with Crippen LogP contribution in [0.1, 0.15) is 28.7 Å². The van der Waals surface area contributed by atoms with Crippen LogP contribution >= 0.6 is 12.2 Å². The first-order valence-corrected chi connectivity index (χ1v) is 10.6. The highest BCUT2D eigenvalue weighted by Gasteiger charge is 2.29. The fraction of sp³-hybridized carbons (Fsp3) is 0.200. The zero-order chi connectivity index (χ0) is 22.5. The normalized spacial score (nSPS) is 13.9. The number of hydrogen-bond acceptors (Lipinski definition) is 6. The minimum Gasteiger partial charge on any atom is -0.449 e. The summed E-state index contributed by atoms with van der Waals surface area (Å²) >= 11 is 4.58. The monoisotopic (exact) mass is 446 g/mol. The molecule has 162 valence electrons. The van der Waals surface area contributed by atoms with Gasteiger partial charge in [-0.05, 0) is 52.2 Å². The number of aliphatic hydroxyl groups is 2. The molecule has 3 aromatic rings. The average Bonchev–Trinajstić information content (AvgIpc) is 3.15. The molecule has 1 amide bonds. The fourth-order valence-corrected chi connectivity index (χ4v) is 4.11. The second-order valence-electron chi connectivity index (χ2n) is 7.52. The number of carbonyl (C=O) groups excluding carboxylic acids is 1. The van der Waals surface area contributed by atoms with Crippen molar-refractivity contribution in [3.05, 3.63) is 89.5 Å². The van der Waals surface area contributed by atoms with Crippen molar-refractivity contribution in [1.82, 2.24) is 5.32 Å². The number of rotatable bonds is 7. The van der Waals surface area contributed by atoms with Gasteiger partial charge in [0, 0.05) is 12.5 Å². The number of fused-ring (bicyclic) bond motifs is 3. The van der Waals surface area contributed by atoms with Crippen LogP contribution < -0.4 is 5.32 Å². The van der Waals surface area contributed by atoms with Crippen molar-refractivity contribution in [3.8, 4) is 11.1 Å². The standard InChI is InChI=1S/C25H22N2O4S/c28-23(24(29)16-6-5-7-17(12-16)27-15-32)13-26-25(30)31-14-22-20-10-3-1-8-18(20)19-9-2-4-11-21(19)22/h1-12,22-24,28-29H,13-14H2,(H,26,30). The van der Waals surface area contributed by atoms with Crippen molar-refractivity contribution in [1.29, 1.82) is 0 Å². The summed E-state index contributed by atoms with van der Waals surface area (Å²) in [6.07, 6.45) is -3.08. The maximum atomic E-state index is 12.3. The third-order valence-corrected chi connectivity index (χ3v) is 5.64. The minimum atomic E-state index is -1.22. The van der Waals surface area contributed by atoms with Crippen LogP contribution in [0.25, 0.3) is 11.1 Å². The van der Waals surface area contributed by atoms with Gasteiger partial charge in [-0.1, -0.05) is 60.7 Å². The molecule has 32 heavy (non-hydrogen) atoms. The average molecular weight is 447 g/mol. The van der Waals surface area contributed by atoms with Crippen molar-refractivity contribution >= 4 is 29.2 Å². The Balaban J connectivity index is 1.34. The zero-order valence-electron chi connectivity index (χ0n) is 17.1. The van der Waals surface area contributed by atoms with Crippen molar-refractivity contribution < 1.29 is 19.7 Å². The van der Waals surface area contributed by atoms with Crippen LogP contribution in [0, 0.1) is 0 Å². The Morgan fingerprint density at radius 3 is 2.34 bits per heavy atom. The van der Waals surface area contributed by atoms with E-state index in [-0.39, 0.29) is 19.1 Å². The van der Waals surface area contributed by atoms with Crippen LogP contribution in [0.2, 0.25) is 0 Å². The molecule has 0 fully saturated rings. The van der Waals surface area contributed by atoms with E-state index in [4.69, 9.17) is 4.74 Å². The molecule has 2 atom stereocenters. The number of alkyl carbamates (subject to hydrolysis) is 1. The molecule has 3 aromatic carbocycles. The number of benzene rings is 3. The van der Waals surface area contributed by atoms with Crippen LogP contribution in [0.3, 0.4) is 0 Å². The molecule has 2 unspecified atom stereocenters.